The largest absolute Gasteiger partial charge is 0.493 e. The zero-order valence-corrected chi connectivity index (χ0v) is 13.5. The van der Waals surface area contributed by atoms with E-state index in [1.807, 2.05) is 30.3 Å². The molecule has 4 rings (SSSR count). The maximum Gasteiger partial charge on any atom is 0.162 e. The van der Waals surface area contributed by atoms with E-state index in [1.165, 1.54) is 5.56 Å². The molecule has 0 aliphatic carbocycles. The molecule has 4 aromatic rings. The number of aromatic amines is 1. The summed E-state index contributed by atoms with van der Waals surface area (Å²) in [6.45, 7) is 0. The summed E-state index contributed by atoms with van der Waals surface area (Å²) in [5, 5.41) is 0.999. The summed E-state index contributed by atoms with van der Waals surface area (Å²) in [4.78, 5) is 12.4. The number of aromatic nitrogens is 3. The number of methoxy groups -OCH3 is 2. The van der Waals surface area contributed by atoms with Crippen LogP contribution in [0, 0.1) is 0 Å². The second kappa shape index (κ2) is 5.85. The second-order valence-corrected chi connectivity index (χ2v) is 5.58. The van der Waals surface area contributed by atoms with Crippen molar-refractivity contribution in [3.63, 3.8) is 0 Å². The van der Waals surface area contributed by atoms with Gasteiger partial charge in [-0.3, -0.25) is 0 Å². The normalized spacial score (nSPS) is 11.1. The standard InChI is InChI=1S/C19H17N3O2/c1-23-16-9-13-14(10-17(16)24-2)22-19-15(20-11-21-18(13)19)8-12-6-4-3-5-7-12/h3-7,9-11,22H,8H2,1-2H3. The van der Waals surface area contributed by atoms with E-state index in [2.05, 4.69) is 27.1 Å². The summed E-state index contributed by atoms with van der Waals surface area (Å²) in [6.07, 6.45) is 2.37. The molecule has 0 radical (unpaired) electrons. The molecule has 5 nitrogen and oxygen atoms in total. The van der Waals surface area contributed by atoms with Gasteiger partial charge in [-0.1, -0.05) is 30.3 Å². The van der Waals surface area contributed by atoms with Crippen molar-refractivity contribution in [1.29, 1.82) is 0 Å². The van der Waals surface area contributed by atoms with Crippen molar-refractivity contribution in [2.24, 2.45) is 0 Å². The summed E-state index contributed by atoms with van der Waals surface area (Å²) in [5.74, 6) is 1.38. The van der Waals surface area contributed by atoms with E-state index in [0.717, 1.165) is 34.1 Å². The predicted octanol–water partition coefficient (Wildman–Crippen LogP) is 3.72. The zero-order chi connectivity index (χ0) is 16.5. The van der Waals surface area contributed by atoms with Crippen LogP contribution in [-0.2, 0) is 6.42 Å². The molecule has 0 fully saturated rings. The zero-order valence-electron chi connectivity index (χ0n) is 13.5. The summed E-state index contributed by atoms with van der Waals surface area (Å²) in [6, 6.07) is 14.2. The average molecular weight is 319 g/mol. The molecule has 2 heterocycles. The Bertz CT molecular complexity index is 1010. The summed E-state index contributed by atoms with van der Waals surface area (Å²) < 4.78 is 10.8. The lowest BCUT2D eigenvalue weighted by Gasteiger charge is -2.06. The van der Waals surface area contributed by atoms with Crippen molar-refractivity contribution >= 4 is 21.9 Å². The molecular formula is C19H17N3O2. The van der Waals surface area contributed by atoms with Gasteiger partial charge in [-0.2, -0.15) is 0 Å². The van der Waals surface area contributed by atoms with Crippen molar-refractivity contribution < 1.29 is 9.47 Å². The molecule has 0 aliphatic heterocycles. The maximum atomic E-state index is 5.41. The molecule has 0 unspecified atom stereocenters. The first-order valence-corrected chi connectivity index (χ1v) is 7.71. The fraction of sp³-hybridized carbons (Fsp3) is 0.158. The van der Waals surface area contributed by atoms with Crippen LogP contribution in [0.5, 0.6) is 11.5 Å². The van der Waals surface area contributed by atoms with Crippen LogP contribution < -0.4 is 9.47 Å². The molecule has 24 heavy (non-hydrogen) atoms. The van der Waals surface area contributed by atoms with Crippen LogP contribution in [0.15, 0.2) is 48.8 Å². The number of H-pyrrole nitrogens is 1. The molecule has 2 aromatic heterocycles. The fourth-order valence-electron chi connectivity index (χ4n) is 2.99. The van der Waals surface area contributed by atoms with E-state index in [-0.39, 0.29) is 0 Å². The van der Waals surface area contributed by atoms with Gasteiger partial charge in [0.05, 0.1) is 36.5 Å². The first kappa shape index (κ1) is 14.5. The third-order valence-electron chi connectivity index (χ3n) is 4.18. The van der Waals surface area contributed by atoms with Gasteiger partial charge in [0.15, 0.2) is 11.5 Å². The molecule has 0 aliphatic rings. The Morgan fingerprint density at radius 1 is 0.958 bits per heavy atom. The lowest BCUT2D eigenvalue weighted by atomic mass is 10.1. The van der Waals surface area contributed by atoms with E-state index in [0.29, 0.717) is 11.5 Å². The third-order valence-corrected chi connectivity index (χ3v) is 4.18. The van der Waals surface area contributed by atoms with E-state index in [9.17, 15) is 0 Å². The van der Waals surface area contributed by atoms with Crippen molar-refractivity contribution in [2.45, 2.75) is 6.42 Å². The lowest BCUT2D eigenvalue weighted by Crippen LogP contribution is -1.94. The molecule has 0 saturated heterocycles. The minimum absolute atomic E-state index is 0.689. The number of benzene rings is 2. The number of rotatable bonds is 4. The highest BCUT2D eigenvalue weighted by molar-refractivity contribution is 6.06. The molecule has 120 valence electrons. The van der Waals surface area contributed by atoms with Crippen LogP contribution in [-0.4, -0.2) is 29.2 Å². The highest BCUT2D eigenvalue weighted by atomic mass is 16.5. The Labute approximate surface area is 139 Å². The van der Waals surface area contributed by atoms with Gasteiger partial charge in [-0.05, 0) is 11.6 Å². The molecule has 0 atom stereocenters. The average Bonchev–Trinajstić information content (AvgIpc) is 3.00. The molecular weight excluding hydrogens is 302 g/mol. The van der Waals surface area contributed by atoms with Gasteiger partial charge < -0.3 is 14.5 Å². The smallest absolute Gasteiger partial charge is 0.162 e. The van der Waals surface area contributed by atoms with Crippen molar-refractivity contribution in [2.75, 3.05) is 14.2 Å². The quantitative estimate of drug-likeness (QED) is 0.623. The van der Waals surface area contributed by atoms with Crippen molar-refractivity contribution in [3.05, 3.63) is 60.0 Å². The van der Waals surface area contributed by atoms with E-state index in [1.54, 1.807) is 20.5 Å². The Morgan fingerprint density at radius 2 is 1.71 bits per heavy atom. The van der Waals surface area contributed by atoms with Crippen LogP contribution in [0.1, 0.15) is 11.3 Å². The van der Waals surface area contributed by atoms with Crippen LogP contribution in [0.25, 0.3) is 21.9 Å². The first-order chi connectivity index (χ1) is 11.8. The topological polar surface area (TPSA) is 60.0 Å². The number of fused-ring (bicyclic) bond motifs is 3. The number of nitrogens with zero attached hydrogens (tertiary/aromatic N) is 2. The number of hydrogen-bond acceptors (Lipinski definition) is 4. The van der Waals surface area contributed by atoms with Crippen LogP contribution in [0.2, 0.25) is 0 Å². The van der Waals surface area contributed by atoms with Gasteiger partial charge in [0.2, 0.25) is 0 Å². The van der Waals surface area contributed by atoms with Crippen LogP contribution >= 0.6 is 0 Å². The van der Waals surface area contributed by atoms with Gasteiger partial charge in [0.25, 0.3) is 0 Å². The van der Waals surface area contributed by atoms with Crippen LogP contribution in [0.3, 0.4) is 0 Å². The van der Waals surface area contributed by atoms with E-state index >= 15 is 0 Å². The highest BCUT2D eigenvalue weighted by Crippen LogP contribution is 2.35. The summed E-state index contributed by atoms with van der Waals surface area (Å²) in [7, 11) is 3.27. The Kier molecular flexibility index (Phi) is 3.54. The molecule has 5 heteroatoms. The summed E-state index contributed by atoms with van der Waals surface area (Å²) in [5.41, 5.74) is 4.99. The van der Waals surface area contributed by atoms with Gasteiger partial charge >= 0.3 is 0 Å². The SMILES string of the molecule is COc1cc2[nH]c3c(Cc4ccccc4)ncnc3c2cc1OC. The maximum absolute atomic E-state index is 5.41. The number of nitrogens with one attached hydrogen (secondary N) is 1. The highest BCUT2D eigenvalue weighted by Gasteiger charge is 2.14. The molecule has 2 aromatic carbocycles. The van der Waals surface area contributed by atoms with Crippen LogP contribution in [0.4, 0.5) is 0 Å². The van der Waals surface area contributed by atoms with Crippen molar-refractivity contribution in [1.82, 2.24) is 15.0 Å². The van der Waals surface area contributed by atoms with Gasteiger partial charge in [0.1, 0.15) is 6.33 Å². The third kappa shape index (κ3) is 2.34. The number of hydrogen-bond donors (Lipinski definition) is 1. The fourth-order valence-corrected chi connectivity index (χ4v) is 2.99. The minimum Gasteiger partial charge on any atom is -0.493 e. The van der Waals surface area contributed by atoms with Gasteiger partial charge in [-0.15, -0.1) is 0 Å². The molecule has 1 N–H and O–H groups in total. The molecule has 0 amide bonds. The van der Waals surface area contributed by atoms with E-state index in [4.69, 9.17) is 9.47 Å². The molecule has 0 bridgehead atoms. The Balaban J connectivity index is 1.91. The monoisotopic (exact) mass is 319 g/mol. The Morgan fingerprint density at radius 3 is 2.46 bits per heavy atom. The van der Waals surface area contributed by atoms with Gasteiger partial charge in [0, 0.05) is 17.9 Å². The molecule has 0 saturated carbocycles. The van der Waals surface area contributed by atoms with Crippen molar-refractivity contribution in [3.8, 4) is 11.5 Å². The van der Waals surface area contributed by atoms with Gasteiger partial charge in [-0.25, -0.2) is 9.97 Å². The summed E-state index contributed by atoms with van der Waals surface area (Å²) >= 11 is 0. The lowest BCUT2D eigenvalue weighted by molar-refractivity contribution is 0.356. The first-order valence-electron chi connectivity index (χ1n) is 7.71. The number of ether oxygens (including phenoxy) is 2. The Hall–Kier alpha value is -3.08. The predicted molar refractivity (Wildman–Crippen MR) is 93.7 cm³/mol. The minimum atomic E-state index is 0.689. The van der Waals surface area contributed by atoms with E-state index < -0.39 is 0 Å². The second-order valence-electron chi connectivity index (χ2n) is 5.58. The molecule has 0 spiro atoms.